The van der Waals surface area contributed by atoms with Gasteiger partial charge in [0.1, 0.15) is 12.0 Å². The van der Waals surface area contributed by atoms with Crippen LogP contribution in [0.2, 0.25) is 0 Å². The van der Waals surface area contributed by atoms with Crippen molar-refractivity contribution in [1.82, 2.24) is 9.97 Å². The highest BCUT2D eigenvalue weighted by Crippen LogP contribution is 2.27. The summed E-state index contributed by atoms with van der Waals surface area (Å²) in [7, 11) is 1.96. The van der Waals surface area contributed by atoms with Crippen molar-refractivity contribution in [3.63, 3.8) is 0 Å². The normalized spacial score (nSPS) is 19.2. The number of nitrogens with two attached hydrogens (primary N) is 1. The minimum Gasteiger partial charge on any atom is -0.476 e. The van der Waals surface area contributed by atoms with Gasteiger partial charge in [0.2, 0.25) is 5.88 Å². The van der Waals surface area contributed by atoms with Crippen molar-refractivity contribution in [1.29, 1.82) is 0 Å². The van der Waals surface area contributed by atoms with E-state index in [0.717, 1.165) is 26.0 Å². The highest BCUT2D eigenvalue weighted by Gasteiger charge is 2.19. The average Bonchev–Trinajstić information content (AvgIpc) is 2.42. The second-order valence-electron chi connectivity index (χ2n) is 4.72. The van der Waals surface area contributed by atoms with Crippen LogP contribution in [0.3, 0.4) is 0 Å². The summed E-state index contributed by atoms with van der Waals surface area (Å²) >= 11 is 0. The molecule has 19 heavy (non-hydrogen) atoms. The predicted molar refractivity (Wildman–Crippen MR) is 74.5 cm³/mol. The van der Waals surface area contributed by atoms with E-state index in [4.69, 9.17) is 15.2 Å². The Morgan fingerprint density at radius 2 is 2.32 bits per heavy atom. The molecule has 0 saturated carbocycles. The number of aromatic nitrogens is 2. The van der Waals surface area contributed by atoms with Crippen LogP contribution in [-0.4, -0.2) is 42.9 Å². The predicted octanol–water partition coefficient (Wildman–Crippen LogP) is 1.46. The Bertz CT molecular complexity index is 408. The number of hydrogen-bond donors (Lipinski definition) is 1. The third-order valence-corrected chi connectivity index (χ3v) is 3.22. The smallest absolute Gasteiger partial charge is 0.242 e. The van der Waals surface area contributed by atoms with Gasteiger partial charge in [0.15, 0.2) is 5.82 Å². The summed E-state index contributed by atoms with van der Waals surface area (Å²) in [5.74, 6) is 1.15. The van der Waals surface area contributed by atoms with E-state index in [2.05, 4.69) is 9.97 Å². The topological polar surface area (TPSA) is 73.5 Å². The molecule has 6 nitrogen and oxygen atoms in total. The van der Waals surface area contributed by atoms with E-state index in [9.17, 15) is 0 Å². The van der Waals surface area contributed by atoms with Crippen LogP contribution in [0.1, 0.15) is 26.2 Å². The summed E-state index contributed by atoms with van der Waals surface area (Å²) < 4.78 is 11.1. The summed E-state index contributed by atoms with van der Waals surface area (Å²) in [6, 6.07) is 0. The Labute approximate surface area is 113 Å². The van der Waals surface area contributed by atoms with Crippen LogP contribution >= 0.6 is 0 Å². The van der Waals surface area contributed by atoms with Crippen molar-refractivity contribution >= 4 is 11.5 Å². The first-order valence-corrected chi connectivity index (χ1v) is 6.78. The van der Waals surface area contributed by atoms with E-state index >= 15 is 0 Å². The van der Waals surface area contributed by atoms with Gasteiger partial charge < -0.3 is 20.1 Å². The van der Waals surface area contributed by atoms with Crippen LogP contribution in [0.25, 0.3) is 0 Å². The zero-order valence-corrected chi connectivity index (χ0v) is 11.6. The quantitative estimate of drug-likeness (QED) is 0.870. The van der Waals surface area contributed by atoms with E-state index in [1.54, 1.807) is 0 Å². The maximum absolute atomic E-state index is 6.04. The minimum absolute atomic E-state index is 0.253. The second-order valence-corrected chi connectivity index (χ2v) is 4.72. The molecule has 2 heterocycles. The molecule has 1 aliphatic rings. The van der Waals surface area contributed by atoms with E-state index < -0.39 is 0 Å². The number of nitrogen functional groups attached to an aromatic ring is 1. The van der Waals surface area contributed by atoms with Crippen LogP contribution < -0.4 is 15.4 Å². The number of likely N-dealkylation sites (N-methyl/N-ethyl adjacent to an activating group) is 1. The van der Waals surface area contributed by atoms with Crippen LogP contribution in [0.4, 0.5) is 11.5 Å². The third kappa shape index (κ3) is 3.47. The molecule has 0 amide bonds. The first-order valence-electron chi connectivity index (χ1n) is 6.78. The molecule has 0 aliphatic carbocycles. The van der Waals surface area contributed by atoms with Gasteiger partial charge in [-0.15, -0.1) is 0 Å². The van der Waals surface area contributed by atoms with Crippen LogP contribution in [-0.2, 0) is 4.74 Å². The van der Waals surface area contributed by atoms with Gasteiger partial charge in [-0.3, -0.25) is 0 Å². The van der Waals surface area contributed by atoms with E-state index in [1.165, 1.54) is 12.7 Å². The maximum Gasteiger partial charge on any atom is 0.242 e. The van der Waals surface area contributed by atoms with Crippen LogP contribution in [0, 0.1) is 0 Å². The van der Waals surface area contributed by atoms with Gasteiger partial charge in [0.05, 0.1) is 12.7 Å². The molecule has 1 aliphatic heterocycles. The van der Waals surface area contributed by atoms with E-state index in [0.29, 0.717) is 24.0 Å². The third-order valence-electron chi connectivity index (χ3n) is 3.22. The molecule has 1 aromatic heterocycles. The van der Waals surface area contributed by atoms with Crippen molar-refractivity contribution in [2.75, 3.05) is 37.4 Å². The number of rotatable bonds is 5. The fourth-order valence-corrected chi connectivity index (χ4v) is 2.27. The largest absolute Gasteiger partial charge is 0.476 e. The molecule has 1 saturated heterocycles. The van der Waals surface area contributed by atoms with Crippen LogP contribution in [0.5, 0.6) is 5.88 Å². The molecule has 2 N–H and O–H groups in total. The number of ether oxygens (including phenoxy) is 2. The molecule has 1 atom stereocenters. The Hall–Kier alpha value is -1.56. The molecular formula is C13H22N4O2. The van der Waals surface area contributed by atoms with E-state index in [-0.39, 0.29) is 6.10 Å². The Morgan fingerprint density at radius 1 is 1.47 bits per heavy atom. The molecule has 1 aromatic rings. The SMILES string of the molecule is CCOc1ncnc(N(C)CC2CCCCO2)c1N. The molecule has 0 radical (unpaired) electrons. The lowest BCUT2D eigenvalue weighted by Crippen LogP contribution is -2.34. The first kappa shape index (κ1) is 13.9. The van der Waals surface area contributed by atoms with Gasteiger partial charge in [-0.1, -0.05) is 0 Å². The van der Waals surface area contributed by atoms with E-state index in [1.807, 2.05) is 18.9 Å². The van der Waals surface area contributed by atoms with Gasteiger partial charge in [-0.05, 0) is 26.2 Å². The summed E-state index contributed by atoms with van der Waals surface area (Å²) in [6.07, 6.45) is 5.21. The molecule has 2 rings (SSSR count). The first-order chi connectivity index (χ1) is 9.22. The number of nitrogens with zero attached hydrogens (tertiary/aromatic N) is 3. The lowest BCUT2D eigenvalue weighted by Gasteiger charge is -2.28. The standard InChI is InChI=1S/C13H22N4O2/c1-3-18-13-11(14)12(15-9-16-13)17(2)8-10-6-4-5-7-19-10/h9-10H,3-8,14H2,1-2H3. The highest BCUT2D eigenvalue weighted by atomic mass is 16.5. The molecule has 1 fully saturated rings. The molecule has 0 bridgehead atoms. The van der Waals surface area contributed by atoms with Crippen molar-refractivity contribution in [2.45, 2.75) is 32.3 Å². The molecule has 0 spiro atoms. The van der Waals surface area contributed by atoms with Gasteiger partial charge >= 0.3 is 0 Å². The molecule has 106 valence electrons. The zero-order chi connectivity index (χ0) is 13.7. The fourth-order valence-electron chi connectivity index (χ4n) is 2.27. The molecule has 1 unspecified atom stereocenters. The Kier molecular flexibility index (Phi) is 4.79. The molecular weight excluding hydrogens is 244 g/mol. The Morgan fingerprint density at radius 3 is 3.00 bits per heavy atom. The monoisotopic (exact) mass is 266 g/mol. The fraction of sp³-hybridized carbons (Fsp3) is 0.692. The van der Waals surface area contributed by atoms with Crippen molar-refractivity contribution < 1.29 is 9.47 Å². The van der Waals surface area contributed by atoms with Gasteiger partial charge in [-0.25, -0.2) is 4.98 Å². The minimum atomic E-state index is 0.253. The molecule has 6 heteroatoms. The lowest BCUT2D eigenvalue weighted by molar-refractivity contribution is 0.0215. The second kappa shape index (κ2) is 6.56. The van der Waals surface area contributed by atoms with Crippen molar-refractivity contribution in [3.8, 4) is 5.88 Å². The number of anilines is 2. The average molecular weight is 266 g/mol. The zero-order valence-electron chi connectivity index (χ0n) is 11.6. The Balaban J connectivity index is 2.05. The summed E-state index contributed by atoms with van der Waals surface area (Å²) in [6.45, 7) is 4.08. The van der Waals surface area contributed by atoms with Gasteiger partial charge in [0.25, 0.3) is 0 Å². The summed E-state index contributed by atoms with van der Waals surface area (Å²) in [5, 5.41) is 0. The number of hydrogen-bond acceptors (Lipinski definition) is 6. The maximum atomic E-state index is 6.04. The summed E-state index contributed by atoms with van der Waals surface area (Å²) in [5.41, 5.74) is 6.53. The summed E-state index contributed by atoms with van der Waals surface area (Å²) in [4.78, 5) is 10.3. The lowest BCUT2D eigenvalue weighted by atomic mass is 10.1. The molecule has 0 aromatic carbocycles. The highest BCUT2D eigenvalue weighted by molar-refractivity contribution is 5.67. The van der Waals surface area contributed by atoms with Gasteiger partial charge in [0, 0.05) is 20.2 Å². The van der Waals surface area contributed by atoms with Crippen molar-refractivity contribution in [2.24, 2.45) is 0 Å². The van der Waals surface area contributed by atoms with Crippen LogP contribution in [0.15, 0.2) is 6.33 Å². The van der Waals surface area contributed by atoms with Gasteiger partial charge in [-0.2, -0.15) is 4.98 Å². The van der Waals surface area contributed by atoms with Crippen molar-refractivity contribution in [3.05, 3.63) is 6.33 Å².